The van der Waals surface area contributed by atoms with Crippen LogP contribution in [-0.4, -0.2) is 25.6 Å². The van der Waals surface area contributed by atoms with Gasteiger partial charge in [-0.1, -0.05) is 12.1 Å². The van der Waals surface area contributed by atoms with Gasteiger partial charge in [-0.15, -0.1) is 0 Å². The summed E-state index contributed by atoms with van der Waals surface area (Å²) in [5, 5.41) is 18.7. The van der Waals surface area contributed by atoms with Gasteiger partial charge in [-0.2, -0.15) is 0 Å². The Bertz CT molecular complexity index is 826. The van der Waals surface area contributed by atoms with E-state index in [2.05, 4.69) is 4.98 Å². The van der Waals surface area contributed by atoms with Crippen molar-refractivity contribution in [3.63, 3.8) is 0 Å². The molecule has 0 amide bonds. The number of halogens is 1. The van der Waals surface area contributed by atoms with E-state index in [9.17, 15) is 14.3 Å². The average molecular weight is 272 g/mol. The number of aromatic carboxylic acids is 1. The van der Waals surface area contributed by atoms with E-state index in [1.165, 1.54) is 40.9 Å². The van der Waals surface area contributed by atoms with Crippen LogP contribution in [0.3, 0.4) is 0 Å². The summed E-state index contributed by atoms with van der Waals surface area (Å²) in [7, 11) is 0. The summed E-state index contributed by atoms with van der Waals surface area (Å²) in [5.41, 5.74) is 0.261. The molecular weight excluding hydrogens is 263 g/mol. The van der Waals surface area contributed by atoms with Gasteiger partial charge in [-0.05, 0) is 24.3 Å². The molecule has 0 radical (unpaired) electrons. The van der Waals surface area contributed by atoms with Crippen LogP contribution in [0.4, 0.5) is 4.39 Å². The predicted molar refractivity (Wildman–Crippen MR) is 69.2 cm³/mol. The van der Waals surface area contributed by atoms with Crippen molar-refractivity contribution in [1.82, 2.24) is 9.38 Å². The maximum Gasteiger partial charge on any atom is 0.356 e. The van der Waals surface area contributed by atoms with Gasteiger partial charge in [0.05, 0.1) is 17.3 Å². The summed E-state index contributed by atoms with van der Waals surface area (Å²) in [6, 6.07) is 8.71. The van der Waals surface area contributed by atoms with Crippen LogP contribution in [0.5, 0.6) is 5.75 Å². The normalized spacial score (nSPS) is 10.8. The van der Waals surface area contributed by atoms with Gasteiger partial charge in [0.25, 0.3) is 0 Å². The first-order valence-corrected chi connectivity index (χ1v) is 5.77. The fourth-order valence-corrected chi connectivity index (χ4v) is 2.06. The molecule has 0 unspecified atom stereocenters. The van der Waals surface area contributed by atoms with Gasteiger partial charge in [-0.3, -0.25) is 4.40 Å². The lowest BCUT2D eigenvalue weighted by Gasteiger charge is -2.03. The average Bonchev–Trinajstić information content (AvgIpc) is 2.78. The number of benzene rings is 1. The highest BCUT2D eigenvalue weighted by atomic mass is 19.1. The SMILES string of the molecule is O=C(O)c1nc(-c2ccccc2F)n2cc(O)ccc12. The zero-order valence-corrected chi connectivity index (χ0v) is 10.1. The van der Waals surface area contributed by atoms with Crippen LogP contribution in [0.25, 0.3) is 16.9 Å². The van der Waals surface area contributed by atoms with Crippen LogP contribution in [0, 0.1) is 5.82 Å². The fraction of sp³-hybridized carbons (Fsp3) is 0. The van der Waals surface area contributed by atoms with Crippen LogP contribution in [0.2, 0.25) is 0 Å². The van der Waals surface area contributed by atoms with Crippen LogP contribution in [0.15, 0.2) is 42.6 Å². The lowest BCUT2D eigenvalue weighted by atomic mass is 10.2. The molecule has 0 spiro atoms. The Balaban J connectivity index is 2.39. The molecule has 6 heteroatoms. The van der Waals surface area contributed by atoms with E-state index >= 15 is 0 Å². The quantitative estimate of drug-likeness (QED) is 0.751. The molecule has 0 saturated heterocycles. The smallest absolute Gasteiger partial charge is 0.356 e. The lowest BCUT2D eigenvalue weighted by Crippen LogP contribution is -1.97. The number of aromatic nitrogens is 2. The molecule has 0 aliphatic carbocycles. The molecule has 0 atom stereocenters. The van der Waals surface area contributed by atoms with E-state index in [4.69, 9.17) is 5.11 Å². The summed E-state index contributed by atoms with van der Waals surface area (Å²) in [6.45, 7) is 0. The second-order valence-electron chi connectivity index (χ2n) is 4.21. The van der Waals surface area contributed by atoms with Crippen LogP contribution in [0.1, 0.15) is 10.5 Å². The number of fused-ring (bicyclic) bond motifs is 1. The number of carboxylic acid groups (broad SMARTS) is 1. The zero-order valence-electron chi connectivity index (χ0n) is 10.1. The molecule has 0 fully saturated rings. The number of hydrogen-bond acceptors (Lipinski definition) is 3. The Morgan fingerprint density at radius 2 is 1.95 bits per heavy atom. The van der Waals surface area contributed by atoms with E-state index in [0.717, 1.165) is 0 Å². The van der Waals surface area contributed by atoms with Crippen molar-refractivity contribution in [2.45, 2.75) is 0 Å². The molecule has 2 N–H and O–H groups in total. The second-order valence-corrected chi connectivity index (χ2v) is 4.21. The van der Waals surface area contributed by atoms with E-state index < -0.39 is 11.8 Å². The maximum absolute atomic E-state index is 13.9. The molecular formula is C14H9FN2O3. The molecule has 20 heavy (non-hydrogen) atoms. The van der Waals surface area contributed by atoms with Crippen molar-refractivity contribution in [3.05, 3.63) is 54.1 Å². The second kappa shape index (κ2) is 4.34. The highest BCUT2D eigenvalue weighted by Gasteiger charge is 2.19. The summed E-state index contributed by atoms with van der Waals surface area (Å²) < 4.78 is 15.2. The molecule has 0 saturated carbocycles. The van der Waals surface area contributed by atoms with Crippen LogP contribution in [-0.2, 0) is 0 Å². The number of carboxylic acids is 1. The monoisotopic (exact) mass is 272 g/mol. The minimum atomic E-state index is -1.21. The first-order valence-electron chi connectivity index (χ1n) is 5.77. The van der Waals surface area contributed by atoms with E-state index in [0.29, 0.717) is 0 Å². The molecule has 0 bridgehead atoms. The lowest BCUT2D eigenvalue weighted by molar-refractivity contribution is 0.0693. The number of hydrogen-bond donors (Lipinski definition) is 2. The van der Waals surface area contributed by atoms with Gasteiger partial charge in [0, 0.05) is 0 Å². The first-order chi connectivity index (χ1) is 9.58. The van der Waals surface area contributed by atoms with E-state index in [1.54, 1.807) is 6.07 Å². The summed E-state index contributed by atoms with van der Waals surface area (Å²) in [5.74, 6) is -1.66. The Labute approximate surface area is 112 Å². The van der Waals surface area contributed by atoms with E-state index in [1.807, 2.05) is 0 Å². The number of nitrogens with zero attached hydrogens (tertiary/aromatic N) is 2. The molecule has 2 heterocycles. The highest BCUT2D eigenvalue weighted by Crippen LogP contribution is 2.26. The minimum absolute atomic E-state index is 0.0653. The third kappa shape index (κ3) is 1.78. The summed E-state index contributed by atoms with van der Waals surface area (Å²) in [6.07, 6.45) is 1.30. The molecule has 5 nitrogen and oxygen atoms in total. The van der Waals surface area contributed by atoms with Crippen molar-refractivity contribution in [1.29, 1.82) is 0 Å². The molecule has 100 valence electrons. The Morgan fingerprint density at radius 1 is 1.20 bits per heavy atom. The van der Waals surface area contributed by atoms with Crippen LogP contribution >= 0.6 is 0 Å². The topological polar surface area (TPSA) is 74.8 Å². The standard InChI is InChI=1S/C14H9FN2O3/c15-10-4-2-1-3-9(10)13-16-12(14(19)20)11-6-5-8(18)7-17(11)13/h1-7,18H,(H,19,20). The van der Waals surface area contributed by atoms with Crippen molar-refractivity contribution < 1.29 is 19.4 Å². The zero-order chi connectivity index (χ0) is 14.3. The molecule has 0 aliphatic rings. The number of aromatic hydroxyl groups is 1. The maximum atomic E-state index is 13.9. The Kier molecular flexibility index (Phi) is 2.64. The molecule has 1 aromatic carbocycles. The molecule has 3 aromatic rings. The summed E-state index contributed by atoms with van der Waals surface area (Å²) >= 11 is 0. The van der Waals surface area contributed by atoms with Gasteiger partial charge in [0.15, 0.2) is 5.69 Å². The Morgan fingerprint density at radius 3 is 2.65 bits per heavy atom. The van der Waals surface area contributed by atoms with Crippen molar-refractivity contribution >= 4 is 11.5 Å². The first kappa shape index (κ1) is 12.2. The van der Waals surface area contributed by atoms with Crippen molar-refractivity contribution in [3.8, 4) is 17.1 Å². The predicted octanol–water partition coefficient (Wildman–Crippen LogP) is 2.54. The minimum Gasteiger partial charge on any atom is -0.506 e. The third-order valence-electron chi connectivity index (χ3n) is 2.94. The number of carbonyl (C=O) groups is 1. The fourth-order valence-electron chi connectivity index (χ4n) is 2.06. The van der Waals surface area contributed by atoms with Crippen molar-refractivity contribution in [2.24, 2.45) is 0 Å². The molecule has 0 aliphatic heterocycles. The van der Waals surface area contributed by atoms with Crippen LogP contribution < -0.4 is 0 Å². The number of imidazole rings is 1. The third-order valence-corrected chi connectivity index (χ3v) is 2.94. The Hall–Kier alpha value is -2.89. The van der Waals surface area contributed by atoms with Gasteiger partial charge < -0.3 is 10.2 Å². The largest absolute Gasteiger partial charge is 0.506 e. The van der Waals surface area contributed by atoms with Crippen molar-refractivity contribution in [2.75, 3.05) is 0 Å². The van der Waals surface area contributed by atoms with Gasteiger partial charge in [0.1, 0.15) is 17.4 Å². The number of rotatable bonds is 2. The number of pyridine rings is 1. The van der Waals surface area contributed by atoms with Gasteiger partial charge >= 0.3 is 5.97 Å². The molecule has 3 rings (SSSR count). The molecule has 2 aromatic heterocycles. The van der Waals surface area contributed by atoms with Gasteiger partial charge in [-0.25, -0.2) is 14.2 Å². The van der Waals surface area contributed by atoms with Gasteiger partial charge in [0.2, 0.25) is 0 Å². The van der Waals surface area contributed by atoms with E-state index in [-0.39, 0.29) is 28.3 Å². The summed E-state index contributed by atoms with van der Waals surface area (Å²) in [4.78, 5) is 15.2. The highest BCUT2D eigenvalue weighted by molar-refractivity contribution is 5.95.